The zero-order valence-corrected chi connectivity index (χ0v) is 29.8. The lowest BCUT2D eigenvalue weighted by Crippen LogP contribution is -2.68. The lowest BCUT2D eigenvalue weighted by molar-refractivity contribution is -0.156. The Morgan fingerprint density at radius 3 is 1.81 bits per heavy atom. The average molecular weight is 737 g/mol. The zero-order chi connectivity index (χ0) is 37.7. The molecule has 53 heavy (non-hydrogen) atoms. The SMILES string of the molecule is Cc1oc(=O)oc1COC(=O)NCc1ccc(C(=O)C[C@@H]2[C@@H]([C@@H](C)O)C(=O)N2C(C(=O)O)=P(c2ccccc2)(c2ccccc2)c2ccccc2)cc1. The number of benzene rings is 4. The smallest absolute Gasteiger partial charge is 0.477 e. The Bertz CT molecular complexity index is 2130. The van der Waals surface area contributed by atoms with Gasteiger partial charge in [0.15, 0.2) is 23.9 Å². The summed E-state index contributed by atoms with van der Waals surface area (Å²) in [5.74, 6) is -3.83. The summed E-state index contributed by atoms with van der Waals surface area (Å²) >= 11 is 0. The summed E-state index contributed by atoms with van der Waals surface area (Å²) in [6.45, 7) is -0.531. The summed E-state index contributed by atoms with van der Waals surface area (Å²) in [6.07, 6.45) is -2.16. The highest BCUT2D eigenvalue weighted by Gasteiger charge is 2.55. The number of alkyl carbamates (subject to hydrolysis) is 1. The van der Waals surface area contributed by atoms with Crippen molar-refractivity contribution in [3.63, 3.8) is 0 Å². The van der Waals surface area contributed by atoms with Crippen LogP contribution in [0.1, 0.15) is 40.8 Å². The fourth-order valence-corrected chi connectivity index (χ4v) is 11.1. The summed E-state index contributed by atoms with van der Waals surface area (Å²) in [7, 11) is 0. The third-order valence-corrected chi connectivity index (χ3v) is 13.5. The van der Waals surface area contributed by atoms with E-state index in [1.165, 1.54) is 18.7 Å². The van der Waals surface area contributed by atoms with E-state index < -0.39 is 48.7 Å². The first kappa shape index (κ1) is 36.8. The van der Waals surface area contributed by atoms with Crippen LogP contribution in [0, 0.1) is 12.8 Å². The maximum atomic E-state index is 14.1. The van der Waals surface area contributed by atoms with Crippen LogP contribution >= 0.6 is 6.89 Å². The molecule has 272 valence electrons. The van der Waals surface area contributed by atoms with Gasteiger partial charge in [-0.2, -0.15) is 0 Å². The second-order valence-corrected chi connectivity index (χ2v) is 15.9. The molecule has 0 radical (unpaired) electrons. The van der Waals surface area contributed by atoms with Gasteiger partial charge in [0, 0.05) is 25.4 Å². The normalized spacial score (nSPS) is 16.0. The van der Waals surface area contributed by atoms with Crippen molar-refractivity contribution < 1.29 is 43.0 Å². The van der Waals surface area contributed by atoms with Crippen molar-refractivity contribution in [2.75, 3.05) is 0 Å². The molecule has 12 nitrogen and oxygen atoms in total. The largest absolute Gasteiger partial charge is 0.519 e. The van der Waals surface area contributed by atoms with Gasteiger partial charge in [0.1, 0.15) is 5.42 Å². The Morgan fingerprint density at radius 2 is 1.36 bits per heavy atom. The number of ether oxygens (including phenoxy) is 1. The lowest BCUT2D eigenvalue weighted by Gasteiger charge is -2.50. The summed E-state index contributed by atoms with van der Waals surface area (Å²) in [5, 5.41) is 26.6. The molecule has 2 heterocycles. The number of nitrogens with zero attached hydrogens (tertiary/aromatic N) is 1. The van der Waals surface area contributed by atoms with Crippen molar-refractivity contribution in [1.82, 2.24) is 10.2 Å². The molecule has 4 aromatic carbocycles. The summed E-state index contributed by atoms with van der Waals surface area (Å²) in [6, 6.07) is 33.2. The van der Waals surface area contributed by atoms with Gasteiger partial charge in [0.05, 0.1) is 18.1 Å². The third-order valence-electron chi connectivity index (χ3n) is 9.23. The predicted molar refractivity (Wildman–Crippen MR) is 198 cm³/mol. The van der Waals surface area contributed by atoms with Crippen LogP contribution in [-0.2, 0) is 27.5 Å². The van der Waals surface area contributed by atoms with Gasteiger partial charge in [-0.25, -0.2) is 14.4 Å². The Balaban J connectivity index is 1.31. The number of carboxylic acids is 1. The number of likely N-dealkylation sites (tertiary alicyclic amines) is 1. The number of aliphatic carboxylic acids is 1. The molecule has 0 unspecified atom stereocenters. The number of ketones is 1. The molecular weight excluding hydrogens is 699 g/mol. The molecule has 1 aromatic heterocycles. The van der Waals surface area contributed by atoms with E-state index >= 15 is 0 Å². The van der Waals surface area contributed by atoms with Gasteiger partial charge in [-0.3, -0.25) is 9.59 Å². The number of aryl methyl sites for hydroxylation is 1. The minimum Gasteiger partial charge on any atom is -0.477 e. The molecule has 0 saturated carbocycles. The van der Waals surface area contributed by atoms with Gasteiger partial charge < -0.3 is 34.0 Å². The highest BCUT2D eigenvalue weighted by molar-refractivity contribution is 7.96. The Labute approximate surface area is 304 Å². The van der Waals surface area contributed by atoms with Crippen LogP contribution in [0.25, 0.3) is 0 Å². The first-order valence-electron chi connectivity index (χ1n) is 16.8. The van der Waals surface area contributed by atoms with Gasteiger partial charge in [0.25, 0.3) is 0 Å². The molecule has 1 aliphatic rings. The van der Waals surface area contributed by atoms with Gasteiger partial charge in [-0.15, -0.1) is 0 Å². The van der Waals surface area contributed by atoms with Crippen LogP contribution in [0.3, 0.4) is 0 Å². The second-order valence-electron chi connectivity index (χ2n) is 12.5. The van der Waals surface area contributed by atoms with Crippen LogP contribution < -0.4 is 27.1 Å². The number of carboxylic acid groups (broad SMARTS) is 1. The van der Waals surface area contributed by atoms with Crippen LogP contribution in [-0.4, -0.2) is 56.4 Å². The standard InChI is InChI=1S/C40H37N2O10P/c1-25(43)35-32(22-33(44)28-20-18-27(19-21-28)23-41-39(48)50-24-34-26(2)51-40(49)52-34)42(36(35)45)37(38(46)47)53(29-12-6-3-7-13-29,30-14-8-4-9-15-30)31-16-10-5-11-17-31/h3-21,25,32,35,43H,22-24H2,1-2H3,(H,41,48)(H,46,47)/t25-,32-,35-/m1/s1. The Kier molecular flexibility index (Phi) is 10.9. The number of aliphatic hydroxyl groups is 1. The van der Waals surface area contributed by atoms with Crippen LogP contribution in [0.15, 0.2) is 129 Å². The van der Waals surface area contributed by atoms with E-state index in [0.717, 1.165) is 0 Å². The minimum atomic E-state index is -3.27. The molecule has 1 saturated heterocycles. The minimum absolute atomic E-state index is 0.0673. The number of hydrogen-bond acceptors (Lipinski definition) is 9. The molecule has 2 amide bonds. The highest BCUT2D eigenvalue weighted by atomic mass is 31.2. The van der Waals surface area contributed by atoms with Gasteiger partial charge in [-0.1, -0.05) is 115 Å². The van der Waals surface area contributed by atoms with Gasteiger partial charge >= 0.3 is 17.9 Å². The van der Waals surface area contributed by atoms with E-state index in [4.69, 9.17) is 13.6 Å². The Hall–Kier alpha value is -5.97. The lowest BCUT2D eigenvalue weighted by atomic mass is 9.79. The monoisotopic (exact) mass is 736 g/mol. The van der Waals surface area contributed by atoms with Crippen molar-refractivity contribution in [3.05, 3.63) is 149 Å². The van der Waals surface area contributed by atoms with Crippen molar-refractivity contribution in [2.45, 2.75) is 45.6 Å². The summed E-state index contributed by atoms with van der Waals surface area (Å²) < 4.78 is 14.6. The molecule has 1 aliphatic heterocycles. The number of rotatable bonds is 13. The van der Waals surface area contributed by atoms with E-state index in [-0.39, 0.29) is 42.3 Å². The van der Waals surface area contributed by atoms with Crippen LogP contribution in [0.5, 0.6) is 0 Å². The second kappa shape index (κ2) is 15.7. The van der Waals surface area contributed by atoms with E-state index in [1.807, 2.05) is 91.0 Å². The van der Waals surface area contributed by atoms with Gasteiger partial charge in [-0.05, 0) is 35.3 Å². The predicted octanol–water partition coefficient (Wildman–Crippen LogP) is 3.96. The van der Waals surface area contributed by atoms with Crippen molar-refractivity contribution >= 4 is 52.0 Å². The number of amides is 2. The number of nitrogens with one attached hydrogen (secondary N) is 1. The number of carbonyl (C=O) groups is 4. The maximum absolute atomic E-state index is 14.1. The summed E-state index contributed by atoms with van der Waals surface area (Å²) in [4.78, 5) is 66.2. The third kappa shape index (κ3) is 7.37. The Morgan fingerprint density at radius 1 is 0.830 bits per heavy atom. The number of β-lactam (4-membered cyclic amide) rings is 1. The van der Waals surface area contributed by atoms with Crippen molar-refractivity contribution in [3.8, 4) is 0 Å². The van der Waals surface area contributed by atoms with Crippen molar-refractivity contribution in [2.24, 2.45) is 5.92 Å². The number of Topliss-reactive ketones (excluding diaryl/α,β-unsaturated/α-hetero) is 1. The first-order chi connectivity index (χ1) is 25.5. The topological polar surface area (TPSA) is 177 Å². The molecule has 0 aliphatic carbocycles. The van der Waals surface area contributed by atoms with E-state index in [1.54, 1.807) is 24.3 Å². The fraction of sp³-hybridized carbons (Fsp3) is 0.200. The molecule has 3 atom stereocenters. The van der Waals surface area contributed by atoms with E-state index in [2.05, 4.69) is 5.32 Å². The maximum Gasteiger partial charge on any atom is 0.519 e. The molecule has 5 aromatic rings. The highest BCUT2D eigenvalue weighted by Crippen LogP contribution is 2.49. The van der Waals surface area contributed by atoms with E-state index in [0.29, 0.717) is 27.0 Å². The van der Waals surface area contributed by atoms with E-state index in [9.17, 15) is 34.2 Å². The first-order valence-corrected chi connectivity index (χ1v) is 18.6. The quantitative estimate of drug-likeness (QED) is 0.0912. The molecule has 13 heteroatoms. The molecule has 0 spiro atoms. The van der Waals surface area contributed by atoms with Gasteiger partial charge in [0.2, 0.25) is 5.91 Å². The zero-order valence-electron chi connectivity index (χ0n) is 28.9. The average Bonchev–Trinajstić information content (AvgIpc) is 3.49. The van der Waals surface area contributed by atoms with Crippen LogP contribution in [0.4, 0.5) is 4.79 Å². The fourth-order valence-electron chi connectivity index (χ4n) is 6.73. The van der Waals surface area contributed by atoms with Crippen LogP contribution in [0.2, 0.25) is 0 Å². The molecule has 0 bridgehead atoms. The molecular formula is C40H37N2O10P. The number of carbonyl (C=O) groups excluding carboxylic acids is 3. The molecule has 3 N–H and O–H groups in total. The van der Waals surface area contributed by atoms with Crippen molar-refractivity contribution in [1.29, 1.82) is 0 Å². The number of aliphatic hydroxyl groups excluding tert-OH is 1. The molecule has 6 rings (SSSR count). The molecule has 1 fully saturated rings. The summed E-state index contributed by atoms with van der Waals surface area (Å²) in [5.41, 5.74) is 0.813. The number of hydrogen-bond donors (Lipinski definition) is 3.